The van der Waals surface area contributed by atoms with Crippen LogP contribution in [0.15, 0.2) is 0 Å². The van der Waals surface area contributed by atoms with Crippen LogP contribution < -0.4 is 5.32 Å². The van der Waals surface area contributed by atoms with Gasteiger partial charge < -0.3 is 10.1 Å². The highest BCUT2D eigenvalue weighted by Crippen LogP contribution is 2.33. The predicted molar refractivity (Wildman–Crippen MR) is 78.8 cm³/mol. The zero-order chi connectivity index (χ0) is 13.4. The molecule has 1 aliphatic carbocycles. The van der Waals surface area contributed by atoms with Crippen LogP contribution in [0.2, 0.25) is 0 Å². The smallest absolute Gasteiger partial charge is 0.0490 e. The van der Waals surface area contributed by atoms with Crippen LogP contribution in [-0.2, 0) is 4.74 Å². The topological polar surface area (TPSA) is 21.3 Å². The highest BCUT2D eigenvalue weighted by Gasteiger charge is 2.27. The minimum absolute atomic E-state index is 0.707. The highest BCUT2D eigenvalue weighted by molar-refractivity contribution is 4.79. The van der Waals surface area contributed by atoms with Crippen molar-refractivity contribution < 1.29 is 4.74 Å². The van der Waals surface area contributed by atoms with E-state index in [1.54, 1.807) is 0 Å². The normalized spacial score (nSPS) is 27.2. The van der Waals surface area contributed by atoms with Gasteiger partial charge in [-0.3, -0.25) is 0 Å². The van der Waals surface area contributed by atoms with Crippen molar-refractivity contribution in [3.8, 4) is 0 Å². The van der Waals surface area contributed by atoms with Crippen molar-refractivity contribution in [3.05, 3.63) is 0 Å². The summed E-state index contributed by atoms with van der Waals surface area (Å²) >= 11 is 0. The van der Waals surface area contributed by atoms with Crippen molar-refractivity contribution >= 4 is 0 Å². The molecule has 0 aliphatic heterocycles. The van der Waals surface area contributed by atoms with Gasteiger partial charge in [0.15, 0.2) is 0 Å². The maximum Gasteiger partial charge on any atom is 0.0490 e. The molecule has 1 saturated carbocycles. The molecule has 0 spiro atoms. The summed E-state index contributed by atoms with van der Waals surface area (Å²) in [7, 11) is 1.83. The maximum absolute atomic E-state index is 5.37. The van der Waals surface area contributed by atoms with E-state index in [4.69, 9.17) is 4.74 Å². The first-order chi connectivity index (χ1) is 8.65. The first kappa shape index (κ1) is 16.0. The summed E-state index contributed by atoms with van der Waals surface area (Å²) in [5.74, 6) is 3.17. The second kappa shape index (κ2) is 8.92. The van der Waals surface area contributed by atoms with Gasteiger partial charge in [-0.1, -0.05) is 40.0 Å². The number of hydrogen-bond acceptors (Lipinski definition) is 2. The molecule has 2 nitrogen and oxygen atoms in total. The van der Waals surface area contributed by atoms with E-state index in [9.17, 15) is 0 Å². The Morgan fingerprint density at radius 1 is 1.11 bits per heavy atom. The molecule has 0 aromatic heterocycles. The molecule has 1 rings (SSSR count). The number of ether oxygens (including phenoxy) is 1. The Morgan fingerprint density at radius 2 is 1.83 bits per heavy atom. The molecule has 1 aliphatic rings. The van der Waals surface area contributed by atoms with Crippen LogP contribution in [0.5, 0.6) is 0 Å². The zero-order valence-corrected chi connectivity index (χ0v) is 12.9. The third-order valence-corrected chi connectivity index (χ3v) is 4.34. The lowest BCUT2D eigenvalue weighted by Gasteiger charge is -2.30. The molecule has 2 heteroatoms. The van der Waals surface area contributed by atoms with Crippen molar-refractivity contribution in [1.82, 2.24) is 5.32 Å². The lowest BCUT2D eigenvalue weighted by atomic mass is 9.79. The minimum Gasteiger partial charge on any atom is -0.384 e. The van der Waals surface area contributed by atoms with Gasteiger partial charge in [-0.05, 0) is 49.6 Å². The van der Waals surface area contributed by atoms with Crippen molar-refractivity contribution in [2.75, 3.05) is 26.8 Å². The first-order valence-electron chi connectivity index (χ1n) is 7.84. The van der Waals surface area contributed by atoms with E-state index in [1.165, 1.54) is 38.6 Å². The van der Waals surface area contributed by atoms with Crippen LogP contribution >= 0.6 is 0 Å². The van der Waals surface area contributed by atoms with Crippen LogP contribution in [-0.4, -0.2) is 26.8 Å². The summed E-state index contributed by atoms with van der Waals surface area (Å²) < 4.78 is 5.37. The van der Waals surface area contributed by atoms with E-state index < -0.39 is 0 Å². The van der Waals surface area contributed by atoms with E-state index in [1.807, 2.05) is 7.11 Å². The third kappa shape index (κ3) is 5.71. The lowest BCUT2D eigenvalue weighted by Crippen LogP contribution is -2.33. The molecule has 0 saturated heterocycles. The van der Waals surface area contributed by atoms with Crippen molar-refractivity contribution in [2.24, 2.45) is 23.7 Å². The second-order valence-electron chi connectivity index (χ2n) is 6.55. The molecule has 0 aromatic rings. The Labute approximate surface area is 114 Å². The Balaban J connectivity index is 2.46. The molecule has 0 aromatic carbocycles. The standard InChI is InChI=1S/C16H33NO/c1-13(2)10-17-11-15-8-6-5-7-9-16(15)14(3)12-18-4/h13-17H,5-12H2,1-4H3. The van der Waals surface area contributed by atoms with Crippen LogP contribution in [0.25, 0.3) is 0 Å². The monoisotopic (exact) mass is 255 g/mol. The molecule has 108 valence electrons. The van der Waals surface area contributed by atoms with Gasteiger partial charge in [0.2, 0.25) is 0 Å². The molecule has 3 unspecified atom stereocenters. The van der Waals surface area contributed by atoms with Gasteiger partial charge in [0.25, 0.3) is 0 Å². The Kier molecular flexibility index (Phi) is 7.92. The average molecular weight is 255 g/mol. The summed E-state index contributed by atoms with van der Waals surface area (Å²) in [5, 5.41) is 3.67. The summed E-state index contributed by atoms with van der Waals surface area (Å²) in [4.78, 5) is 0. The average Bonchev–Trinajstić information content (AvgIpc) is 2.54. The van der Waals surface area contributed by atoms with Crippen molar-refractivity contribution in [2.45, 2.75) is 52.9 Å². The summed E-state index contributed by atoms with van der Waals surface area (Å²) in [6.45, 7) is 10.2. The van der Waals surface area contributed by atoms with Crippen LogP contribution in [0.1, 0.15) is 52.9 Å². The van der Waals surface area contributed by atoms with E-state index in [0.29, 0.717) is 5.92 Å². The second-order valence-corrected chi connectivity index (χ2v) is 6.55. The number of rotatable bonds is 7. The van der Waals surface area contributed by atoms with Gasteiger partial charge in [-0.15, -0.1) is 0 Å². The molecule has 18 heavy (non-hydrogen) atoms. The van der Waals surface area contributed by atoms with Crippen molar-refractivity contribution in [3.63, 3.8) is 0 Å². The Hall–Kier alpha value is -0.0800. The SMILES string of the molecule is COCC(C)C1CCCCCC1CNCC(C)C. The van der Waals surface area contributed by atoms with Gasteiger partial charge in [0.05, 0.1) is 0 Å². The van der Waals surface area contributed by atoms with Crippen LogP contribution in [0.3, 0.4) is 0 Å². The Bertz CT molecular complexity index is 205. The van der Waals surface area contributed by atoms with Crippen LogP contribution in [0.4, 0.5) is 0 Å². The minimum atomic E-state index is 0.707. The fraction of sp³-hybridized carbons (Fsp3) is 1.00. The quantitative estimate of drug-likeness (QED) is 0.700. The van der Waals surface area contributed by atoms with Gasteiger partial charge >= 0.3 is 0 Å². The lowest BCUT2D eigenvalue weighted by molar-refractivity contribution is 0.101. The molecule has 0 amide bonds. The molecule has 1 N–H and O–H groups in total. The predicted octanol–water partition coefficient (Wildman–Crippen LogP) is 3.71. The van der Waals surface area contributed by atoms with E-state index in [-0.39, 0.29) is 0 Å². The van der Waals surface area contributed by atoms with Gasteiger partial charge in [0.1, 0.15) is 0 Å². The third-order valence-electron chi connectivity index (χ3n) is 4.34. The van der Waals surface area contributed by atoms with E-state index in [2.05, 4.69) is 26.1 Å². The molecule has 1 fully saturated rings. The fourth-order valence-electron chi connectivity index (χ4n) is 3.36. The molecule has 0 bridgehead atoms. The molecular weight excluding hydrogens is 222 g/mol. The number of hydrogen-bond donors (Lipinski definition) is 1. The molecule has 3 atom stereocenters. The maximum atomic E-state index is 5.37. The summed E-state index contributed by atoms with van der Waals surface area (Å²) in [6.07, 6.45) is 7.07. The van der Waals surface area contributed by atoms with Gasteiger partial charge in [-0.25, -0.2) is 0 Å². The number of nitrogens with one attached hydrogen (secondary N) is 1. The summed E-state index contributed by atoms with van der Waals surface area (Å²) in [6, 6.07) is 0. The molecule has 0 radical (unpaired) electrons. The van der Waals surface area contributed by atoms with E-state index in [0.717, 1.165) is 30.9 Å². The van der Waals surface area contributed by atoms with Gasteiger partial charge in [0, 0.05) is 13.7 Å². The molecular formula is C16H33NO. The first-order valence-corrected chi connectivity index (χ1v) is 7.84. The van der Waals surface area contributed by atoms with Gasteiger partial charge in [-0.2, -0.15) is 0 Å². The Morgan fingerprint density at radius 3 is 2.50 bits per heavy atom. The highest BCUT2D eigenvalue weighted by atomic mass is 16.5. The van der Waals surface area contributed by atoms with Crippen LogP contribution in [0, 0.1) is 23.7 Å². The largest absolute Gasteiger partial charge is 0.384 e. The van der Waals surface area contributed by atoms with Crippen molar-refractivity contribution in [1.29, 1.82) is 0 Å². The fourth-order valence-corrected chi connectivity index (χ4v) is 3.36. The molecule has 0 heterocycles. The zero-order valence-electron chi connectivity index (χ0n) is 12.9. The number of methoxy groups -OCH3 is 1. The van der Waals surface area contributed by atoms with E-state index >= 15 is 0 Å². The summed E-state index contributed by atoms with van der Waals surface area (Å²) in [5.41, 5.74) is 0.